The van der Waals surface area contributed by atoms with Gasteiger partial charge in [0.25, 0.3) is 0 Å². The highest BCUT2D eigenvalue weighted by Crippen LogP contribution is 2.35. The maximum atomic E-state index is 13.3. The standard InChI is InChI=1S/C16H7FO3/c17-8-5-6-12-11(7-8)14(18)13-9-3-1-2-4-10(9)15(19)16(13)20-12/h1-7H. The van der Waals surface area contributed by atoms with Gasteiger partial charge in [0.1, 0.15) is 11.4 Å². The third kappa shape index (κ3) is 1.28. The summed E-state index contributed by atoms with van der Waals surface area (Å²) in [4.78, 5) is 24.7. The lowest BCUT2D eigenvalue weighted by atomic mass is 10.1. The zero-order valence-electron chi connectivity index (χ0n) is 10.1. The van der Waals surface area contributed by atoms with E-state index in [1.165, 1.54) is 12.1 Å². The molecule has 1 aliphatic rings. The Morgan fingerprint density at radius 2 is 1.70 bits per heavy atom. The molecule has 0 spiro atoms. The quantitative estimate of drug-likeness (QED) is 0.491. The summed E-state index contributed by atoms with van der Waals surface area (Å²) in [5.74, 6) is -0.781. The average molecular weight is 266 g/mol. The summed E-state index contributed by atoms with van der Waals surface area (Å²) in [7, 11) is 0. The fourth-order valence-electron chi connectivity index (χ4n) is 2.59. The first kappa shape index (κ1) is 11.1. The van der Waals surface area contributed by atoms with Crippen molar-refractivity contribution in [1.29, 1.82) is 0 Å². The van der Waals surface area contributed by atoms with Gasteiger partial charge in [-0.15, -0.1) is 0 Å². The van der Waals surface area contributed by atoms with Gasteiger partial charge in [0.05, 0.1) is 10.9 Å². The monoisotopic (exact) mass is 266 g/mol. The van der Waals surface area contributed by atoms with Gasteiger partial charge in [0.15, 0.2) is 5.76 Å². The van der Waals surface area contributed by atoms with Gasteiger partial charge in [-0.25, -0.2) is 4.39 Å². The molecule has 3 aromatic rings. The summed E-state index contributed by atoms with van der Waals surface area (Å²) >= 11 is 0. The number of hydrogen-bond donors (Lipinski definition) is 0. The Labute approximate surface area is 112 Å². The van der Waals surface area contributed by atoms with Crippen molar-refractivity contribution in [3.8, 4) is 11.1 Å². The molecule has 0 saturated carbocycles. The molecule has 4 heteroatoms. The molecule has 0 aliphatic heterocycles. The Balaban J connectivity index is 2.21. The second-order valence-electron chi connectivity index (χ2n) is 4.65. The number of benzene rings is 2. The summed E-state index contributed by atoms with van der Waals surface area (Å²) in [6, 6.07) is 10.5. The van der Waals surface area contributed by atoms with Crippen LogP contribution in [0.5, 0.6) is 0 Å². The Hall–Kier alpha value is -2.75. The highest BCUT2D eigenvalue weighted by Gasteiger charge is 2.32. The van der Waals surface area contributed by atoms with Crippen LogP contribution >= 0.6 is 0 Å². The Morgan fingerprint density at radius 3 is 2.50 bits per heavy atom. The zero-order chi connectivity index (χ0) is 13.9. The number of halogens is 1. The Morgan fingerprint density at radius 1 is 0.950 bits per heavy atom. The molecule has 96 valence electrons. The first-order chi connectivity index (χ1) is 9.66. The predicted octanol–water partition coefficient (Wildman–Crippen LogP) is 3.14. The predicted molar refractivity (Wildman–Crippen MR) is 71.3 cm³/mol. The van der Waals surface area contributed by atoms with Gasteiger partial charge in [-0.05, 0) is 18.2 Å². The van der Waals surface area contributed by atoms with E-state index in [0.29, 0.717) is 11.1 Å². The minimum Gasteiger partial charge on any atom is -0.452 e. The van der Waals surface area contributed by atoms with Crippen LogP contribution in [0.3, 0.4) is 0 Å². The van der Waals surface area contributed by atoms with E-state index in [9.17, 15) is 14.0 Å². The number of ketones is 1. The Kier molecular flexibility index (Phi) is 2.02. The fraction of sp³-hybridized carbons (Fsp3) is 0. The first-order valence-corrected chi connectivity index (χ1v) is 6.07. The van der Waals surface area contributed by atoms with Gasteiger partial charge >= 0.3 is 0 Å². The van der Waals surface area contributed by atoms with Gasteiger partial charge in [-0.2, -0.15) is 0 Å². The molecule has 0 amide bonds. The molecule has 0 bridgehead atoms. The van der Waals surface area contributed by atoms with Gasteiger partial charge in [0.2, 0.25) is 11.2 Å². The molecule has 2 aromatic carbocycles. The molecule has 0 saturated heterocycles. The van der Waals surface area contributed by atoms with E-state index in [-0.39, 0.29) is 33.5 Å². The molecule has 20 heavy (non-hydrogen) atoms. The Bertz CT molecular complexity index is 954. The van der Waals surface area contributed by atoms with Crippen LogP contribution in [0.2, 0.25) is 0 Å². The number of carbonyl (C=O) groups excluding carboxylic acids is 1. The molecule has 4 rings (SSSR count). The largest absolute Gasteiger partial charge is 0.452 e. The molecule has 1 heterocycles. The molecule has 0 atom stereocenters. The fourth-order valence-corrected chi connectivity index (χ4v) is 2.59. The van der Waals surface area contributed by atoms with Crippen molar-refractivity contribution in [1.82, 2.24) is 0 Å². The van der Waals surface area contributed by atoms with Crippen LogP contribution in [-0.4, -0.2) is 5.78 Å². The molecule has 0 unspecified atom stereocenters. The summed E-state index contributed by atoms with van der Waals surface area (Å²) < 4.78 is 18.8. The van der Waals surface area contributed by atoms with Crippen LogP contribution in [-0.2, 0) is 0 Å². The third-order valence-corrected chi connectivity index (χ3v) is 3.50. The summed E-state index contributed by atoms with van der Waals surface area (Å²) in [6.07, 6.45) is 0. The maximum Gasteiger partial charge on any atom is 0.229 e. The summed E-state index contributed by atoms with van der Waals surface area (Å²) in [5, 5.41) is 0.147. The van der Waals surface area contributed by atoms with Crippen molar-refractivity contribution < 1.29 is 13.6 Å². The molecule has 0 radical (unpaired) electrons. The van der Waals surface area contributed by atoms with Crippen molar-refractivity contribution in [2.75, 3.05) is 0 Å². The lowest BCUT2D eigenvalue weighted by Gasteiger charge is -2.01. The van der Waals surface area contributed by atoms with Crippen LogP contribution in [0.1, 0.15) is 16.1 Å². The topological polar surface area (TPSA) is 47.3 Å². The lowest BCUT2D eigenvalue weighted by Crippen LogP contribution is -2.07. The van der Waals surface area contributed by atoms with Crippen LogP contribution in [0, 0.1) is 5.82 Å². The van der Waals surface area contributed by atoms with Crippen LogP contribution in [0.15, 0.2) is 51.7 Å². The smallest absolute Gasteiger partial charge is 0.229 e. The minimum atomic E-state index is -0.512. The highest BCUT2D eigenvalue weighted by molar-refractivity contribution is 6.20. The van der Waals surface area contributed by atoms with E-state index in [2.05, 4.69) is 0 Å². The van der Waals surface area contributed by atoms with E-state index < -0.39 is 5.82 Å². The maximum absolute atomic E-state index is 13.3. The van der Waals surface area contributed by atoms with Gasteiger partial charge in [-0.1, -0.05) is 24.3 Å². The van der Waals surface area contributed by atoms with Crippen molar-refractivity contribution in [3.63, 3.8) is 0 Å². The molecule has 3 nitrogen and oxygen atoms in total. The van der Waals surface area contributed by atoms with Crippen LogP contribution < -0.4 is 5.43 Å². The van der Waals surface area contributed by atoms with Crippen LogP contribution in [0.25, 0.3) is 22.1 Å². The van der Waals surface area contributed by atoms with Crippen molar-refractivity contribution in [3.05, 3.63) is 69.8 Å². The minimum absolute atomic E-state index is 0.0373. The van der Waals surface area contributed by atoms with Crippen molar-refractivity contribution in [2.45, 2.75) is 0 Å². The number of fused-ring (bicyclic) bond motifs is 4. The second kappa shape index (κ2) is 3.63. The van der Waals surface area contributed by atoms with Crippen molar-refractivity contribution >= 4 is 16.8 Å². The van der Waals surface area contributed by atoms with Gasteiger partial charge in [-0.3, -0.25) is 9.59 Å². The number of rotatable bonds is 0. The molecule has 1 aromatic heterocycles. The lowest BCUT2D eigenvalue weighted by molar-refractivity contribution is 0.102. The van der Waals surface area contributed by atoms with E-state index in [1.807, 2.05) is 0 Å². The SMILES string of the molecule is O=C1c2ccccc2-c2c1oc1ccc(F)cc1c2=O. The number of carbonyl (C=O) groups is 1. The highest BCUT2D eigenvalue weighted by atomic mass is 19.1. The van der Waals surface area contributed by atoms with Crippen molar-refractivity contribution in [2.24, 2.45) is 0 Å². The molecule has 0 fully saturated rings. The van der Waals surface area contributed by atoms with E-state index >= 15 is 0 Å². The molecule has 1 aliphatic carbocycles. The third-order valence-electron chi connectivity index (χ3n) is 3.50. The molecular weight excluding hydrogens is 259 g/mol. The van der Waals surface area contributed by atoms with E-state index in [1.54, 1.807) is 24.3 Å². The van der Waals surface area contributed by atoms with Crippen LogP contribution in [0.4, 0.5) is 4.39 Å². The molecular formula is C16H7FO3. The normalized spacial score (nSPS) is 12.6. The summed E-state index contributed by atoms with van der Waals surface area (Å²) in [5.41, 5.74) is 1.06. The zero-order valence-corrected chi connectivity index (χ0v) is 10.1. The summed E-state index contributed by atoms with van der Waals surface area (Å²) in [6.45, 7) is 0. The van der Waals surface area contributed by atoms with Gasteiger partial charge < -0.3 is 4.42 Å². The average Bonchev–Trinajstić information content (AvgIpc) is 2.74. The second-order valence-corrected chi connectivity index (χ2v) is 4.65. The molecule has 0 N–H and O–H groups in total. The number of hydrogen-bond acceptors (Lipinski definition) is 3. The van der Waals surface area contributed by atoms with E-state index in [0.717, 1.165) is 6.07 Å². The van der Waals surface area contributed by atoms with Gasteiger partial charge in [0, 0.05) is 11.1 Å². The van der Waals surface area contributed by atoms with E-state index in [4.69, 9.17) is 4.42 Å². The first-order valence-electron chi connectivity index (χ1n) is 6.07.